The summed E-state index contributed by atoms with van der Waals surface area (Å²) in [4.78, 5) is 0. The van der Waals surface area contributed by atoms with Gasteiger partial charge in [0.25, 0.3) is 0 Å². The minimum atomic E-state index is 0.876. The lowest BCUT2D eigenvalue weighted by Gasteiger charge is -2.10. The Hall–Kier alpha value is -9.38. The van der Waals surface area contributed by atoms with Crippen LogP contribution in [0, 0.1) is 0 Å². The molecule has 0 aliphatic heterocycles. The first-order chi connectivity index (χ1) is 34.7. The topological polar surface area (TPSA) is 27.9 Å². The van der Waals surface area contributed by atoms with E-state index in [1.165, 1.54) is 93.4 Å². The van der Waals surface area contributed by atoms with Crippen LogP contribution in [0.5, 0.6) is 0 Å². The smallest absolute Gasteiger partial charge is 0.135 e. The standard InChI is InChI=1S/C66H41N3O/c1-3-16-48(17-4-1)67-59-23-10-7-20-51(59)54-37-44(26-31-62(54)67)42-14-13-15-43(36-42)45-27-33-64-56(38-45)53-22-9-12-25-61(53)69(64)50-30-35-66-58(41-50)57-40-47(29-34-65(57)70-66)46-28-32-63-55(39-46)52-21-8-11-24-60(52)68(63)49-18-5-2-6-19-49/h1-41H. The number of aromatic nitrogens is 3. The molecule has 0 saturated heterocycles. The molecule has 326 valence electrons. The predicted molar refractivity (Wildman–Crippen MR) is 293 cm³/mol. The molecule has 0 bridgehead atoms. The van der Waals surface area contributed by atoms with Gasteiger partial charge in [0.1, 0.15) is 11.2 Å². The summed E-state index contributed by atoms with van der Waals surface area (Å²) in [5.41, 5.74) is 19.4. The molecule has 0 N–H and O–H groups in total. The maximum atomic E-state index is 6.52. The van der Waals surface area contributed by atoms with Gasteiger partial charge in [-0.3, -0.25) is 0 Å². The van der Waals surface area contributed by atoms with Crippen molar-refractivity contribution in [3.63, 3.8) is 0 Å². The van der Waals surface area contributed by atoms with Gasteiger partial charge in [-0.1, -0.05) is 133 Å². The van der Waals surface area contributed by atoms with Gasteiger partial charge in [-0.2, -0.15) is 0 Å². The molecule has 15 rings (SSSR count). The number of para-hydroxylation sites is 5. The van der Waals surface area contributed by atoms with E-state index >= 15 is 0 Å². The van der Waals surface area contributed by atoms with Crippen LogP contribution in [0.1, 0.15) is 0 Å². The zero-order valence-electron chi connectivity index (χ0n) is 37.9. The molecule has 4 nitrogen and oxygen atoms in total. The van der Waals surface area contributed by atoms with E-state index < -0.39 is 0 Å². The molecule has 0 spiro atoms. The average Bonchev–Trinajstić information content (AvgIpc) is 4.17. The third kappa shape index (κ3) is 5.84. The van der Waals surface area contributed by atoms with E-state index in [1.54, 1.807) is 0 Å². The second kappa shape index (κ2) is 15.1. The SMILES string of the molecule is c1ccc(-n2c3ccccc3c3cc(-c4cccc(-c5ccc6c(c5)c5ccccc5n6-c5ccc6oc7ccc(-c8ccc9c(c8)c8ccccc8n9-c8ccccc8)cc7c6c5)c4)ccc32)cc1. The number of hydrogen-bond donors (Lipinski definition) is 0. The number of fused-ring (bicyclic) bond motifs is 12. The van der Waals surface area contributed by atoms with E-state index in [9.17, 15) is 0 Å². The predicted octanol–water partition coefficient (Wildman–Crippen LogP) is 17.9. The molecular formula is C66H41N3O. The van der Waals surface area contributed by atoms with Crippen LogP contribution in [0.3, 0.4) is 0 Å². The quantitative estimate of drug-likeness (QED) is 0.163. The minimum absolute atomic E-state index is 0.876. The zero-order valence-corrected chi connectivity index (χ0v) is 37.9. The zero-order chi connectivity index (χ0) is 45.9. The maximum absolute atomic E-state index is 6.52. The summed E-state index contributed by atoms with van der Waals surface area (Å²) in [6.07, 6.45) is 0. The molecule has 0 radical (unpaired) electrons. The number of rotatable bonds is 6. The van der Waals surface area contributed by atoms with Gasteiger partial charge in [-0.25, -0.2) is 0 Å². The first kappa shape index (κ1) is 38.7. The summed E-state index contributed by atoms with van der Waals surface area (Å²) >= 11 is 0. The second-order valence-electron chi connectivity index (χ2n) is 18.5. The summed E-state index contributed by atoms with van der Waals surface area (Å²) in [5, 5.41) is 9.62. The Morgan fingerprint density at radius 3 is 1.01 bits per heavy atom. The number of nitrogens with zero attached hydrogens (tertiary/aromatic N) is 3. The Labute approximate surface area is 402 Å². The Balaban J connectivity index is 0.815. The lowest BCUT2D eigenvalue weighted by molar-refractivity contribution is 0.669. The third-order valence-corrected chi connectivity index (χ3v) is 14.6. The van der Waals surface area contributed by atoms with Gasteiger partial charge in [0.05, 0.1) is 33.1 Å². The first-order valence-corrected chi connectivity index (χ1v) is 24.0. The molecule has 0 aliphatic carbocycles. The van der Waals surface area contributed by atoms with Gasteiger partial charge in [-0.05, 0) is 149 Å². The average molecular weight is 892 g/mol. The van der Waals surface area contributed by atoms with E-state index in [0.29, 0.717) is 0 Å². The summed E-state index contributed by atoms with van der Waals surface area (Å²) in [5.74, 6) is 0. The monoisotopic (exact) mass is 891 g/mol. The van der Waals surface area contributed by atoms with Crippen LogP contribution in [-0.2, 0) is 0 Å². The molecule has 0 aliphatic rings. The molecule has 70 heavy (non-hydrogen) atoms. The Bertz CT molecular complexity index is 4580. The molecule has 0 fully saturated rings. The highest BCUT2D eigenvalue weighted by Gasteiger charge is 2.19. The summed E-state index contributed by atoms with van der Waals surface area (Å²) in [7, 11) is 0. The van der Waals surface area contributed by atoms with Crippen LogP contribution >= 0.6 is 0 Å². The highest BCUT2D eigenvalue weighted by molar-refractivity contribution is 6.14. The molecule has 4 aromatic heterocycles. The normalized spacial score (nSPS) is 12.0. The van der Waals surface area contributed by atoms with Gasteiger partial charge in [0.2, 0.25) is 0 Å². The third-order valence-electron chi connectivity index (χ3n) is 14.6. The van der Waals surface area contributed by atoms with Crippen molar-refractivity contribution in [2.24, 2.45) is 0 Å². The van der Waals surface area contributed by atoms with Crippen LogP contribution in [0.4, 0.5) is 0 Å². The van der Waals surface area contributed by atoms with E-state index in [4.69, 9.17) is 4.42 Å². The van der Waals surface area contributed by atoms with Crippen molar-refractivity contribution < 1.29 is 4.42 Å². The Morgan fingerprint density at radius 2 is 0.543 bits per heavy atom. The molecule has 4 heteroatoms. The van der Waals surface area contributed by atoms with Gasteiger partial charge in [-0.15, -0.1) is 0 Å². The maximum Gasteiger partial charge on any atom is 0.135 e. The second-order valence-corrected chi connectivity index (χ2v) is 18.5. The van der Waals surface area contributed by atoms with Crippen molar-refractivity contribution in [2.45, 2.75) is 0 Å². The van der Waals surface area contributed by atoms with Crippen LogP contribution in [0.15, 0.2) is 253 Å². The number of benzene rings is 11. The molecular weight excluding hydrogens is 851 g/mol. The highest BCUT2D eigenvalue weighted by Crippen LogP contribution is 2.41. The molecule has 11 aromatic carbocycles. The van der Waals surface area contributed by atoms with E-state index in [2.05, 4.69) is 262 Å². The number of furan rings is 1. The fourth-order valence-electron chi connectivity index (χ4n) is 11.4. The van der Waals surface area contributed by atoms with E-state index in [0.717, 1.165) is 44.4 Å². The van der Waals surface area contributed by atoms with Crippen LogP contribution < -0.4 is 0 Å². The van der Waals surface area contributed by atoms with E-state index in [1.807, 2.05) is 0 Å². The van der Waals surface area contributed by atoms with E-state index in [-0.39, 0.29) is 0 Å². The minimum Gasteiger partial charge on any atom is -0.456 e. The highest BCUT2D eigenvalue weighted by atomic mass is 16.3. The lowest BCUT2D eigenvalue weighted by atomic mass is 9.97. The lowest BCUT2D eigenvalue weighted by Crippen LogP contribution is -1.93. The van der Waals surface area contributed by atoms with Gasteiger partial charge < -0.3 is 18.1 Å². The van der Waals surface area contributed by atoms with Crippen molar-refractivity contribution in [2.75, 3.05) is 0 Å². The van der Waals surface area contributed by atoms with Crippen molar-refractivity contribution >= 4 is 87.4 Å². The van der Waals surface area contributed by atoms with Crippen LogP contribution in [0.25, 0.3) is 138 Å². The largest absolute Gasteiger partial charge is 0.456 e. The Kier molecular flexibility index (Phi) is 8.33. The Morgan fingerprint density at radius 1 is 0.200 bits per heavy atom. The van der Waals surface area contributed by atoms with Gasteiger partial charge >= 0.3 is 0 Å². The molecule has 0 amide bonds. The molecule has 4 heterocycles. The summed E-state index contributed by atoms with van der Waals surface area (Å²) in [6, 6.07) is 90.5. The first-order valence-electron chi connectivity index (χ1n) is 24.0. The summed E-state index contributed by atoms with van der Waals surface area (Å²) in [6.45, 7) is 0. The van der Waals surface area contributed by atoms with Crippen molar-refractivity contribution in [3.05, 3.63) is 249 Å². The fraction of sp³-hybridized carbons (Fsp3) is 0. The number of hydrogen-bond acceptors (Lipinski definition) is 1. The fourth-order valence-corrected chi connectivity index (χ4v) is 11.4. The molecule has 0 saturated carbocycles. The van der Waals surface area contributed by atoms with Crippen molar-refractivity contribution in [1.82, 2.24) is 13.7 Å². The van der Waals surface area contributed by atoms with Crippen LogP contribution in [-0.4, -0.2) is 13.7 Å². The molecule has 0 unspecified atom stereocenters. The molecule has 15 aromatic rings. The van der Waals surface area contributed by atoms with Crippen molar-refractivity contribution in [3.8, 4) is 50.4 Å². The van der Waals surface area contributed by atoms with Crippen molar-refractivity contribution in [1.29, 1.82) is 0 Å². The van der Waals surface area contributed by atoms with Gasteiger partial charge in [0, 0.05) is 60.2 Å². The summed E-state index contributed by atoms with van der Waals surface area (Å²) < 4.78 is 13.7. The van der Waals surface area contributed by atoms with Gasteiger partial charge in [0.15, 0.2) is 0 Å². The molecule has 0 atom stereocenters. The van der Waals surface area contributed by atoms with Crippen LogP contribution in [0.2, 0.25) is 0 Å².